The van der Waals surface area contributed by atoms with Crippen LogP contribution in [0.1, 0.15) is 11.1 Å². The third-order valence-corrected chi connectivity index (χ3v) is 4.92. The van der Waals surface area contributed by atoms with Gasteiger partial charge in [0.1, 0.15) is 5.60 Å². The maximum absolute atomic E-state index is 11.5. The Hall–Kier alpha value is -1.29. The van der Waals surface area contributed by atoms with Crippen molar-refractivity contribution in [3.05, 3.63) is 71.8 Å². The normalized spacial score (nSPS) is 19.8. The Bertz CT molecular complexity index is 498. The predicted molar refractivity (Wildman–Crippen MR) is 85.0 cm³/mol. The van der Waals surface area contributed by atoms with E-state index < -0.39 is 5.60 Å². The quantitative estimate of drug-likeness (QED) is 0.909. The Morgan fingerprint density at radius 3 is 1.95 bits per heavy atom. The molecule has 1 aliphatic heterocycles. The number of aliphatic hydroxyl groups is 1. The lowest BCUT2D eigenvalue weighted by Crippen LogP contribution is -2.53. The van der Waals surface area contributed by atoms with Crippen molar-refractivity contribution in [2.75, 3.05) is 18.1 Å². The highest BCUT2D eigenvalue weighted by Gasteiger charge is 2.40. The minimum Gasteiger partial charge on any atom is -0.379 e. The van der Waals surface area contributed by atoms with Gasteiger partial charge in [0, 0.05) is 18.1 Å². The van der Waals surface area contributed by atoms with Gasteiger partial charge in [0.25, 0.3) is 0 Å². The van der Waals surface area contributed by atoms with E-state index in [9.17, 15) is 5.11 Å². The van der Waals surface area contributed by atoms with Gasteiger partial charge in [-0.25, -0.2) is 0 Å². The summed E-state index contributed by atoms with van der Waals surface area (Å²) >= 11 is 1.90. The Morgan fingerprint density at radius 2 is 1.50 bits per heavy atom. The number of benzene rings is 2. The van der Waals surface area contributed by atoms with Crippen LogP contribution >= 0.6 is 11.8 Å². The summed E-state index contributed by atoms with van der Waals surface area (Å²) in [6, 6.07) is 20.0. The summed E-state index contributed by atoms with van der Waals surface area (Å²) < 4.78 is 0. The van der Waals surface area contributed by atoms with Crippen molar-refractivity contribution in [3.63, 3.8) is 0 Å². The first-order chi connectivity index (χ1) is 9.82. The van der Waals surface area contributed by atoms with E-state index in [-0.39, 0.29) is 6.04 Å². The Kier molecular flexibility index (Phi) is 4.10. The van der Waals surface area contributed by atoms with Crippen molar-refractivity contribution in [2.45, 2.75) is 11.6 Å². The summed E-state index contributed by atoms with van der Waals surface area (Å²) in [5.41, 5.74) is 0.924. The standard InChI is InChI=1S/C17H19NOS/c19-17(14-7-3-1-4-8-14,15-9-5-2-6-10-15)16-13-20-12-11-18-16/h1-10,16,18-19H,11-13H2. The maximum atomic E-state index is 11.5. The Morgan fingerprint density at radius 1 is 0.950 bits per heavy atom. The number of hydrogen-bond acceptors (Lipinski definition) is 3. The van der Waals surface area contributed by atoms with Crippen LogP contribution in [0.25, 0.3) is 0 Å². The first kappa shape index (κ1) is 13.7. The monoisotopic (exact) mass is 285 g/mol. The minimum absolute atomic E-state index is 0.0334. The van der Waals surface area contributed by atoms with Gasteiger partial charge in [-0.3, -0.25) is 0 Å². The van der Waals surface area contributed by atoms with Crippen LogP contribution in [0.4, 0.5) is 0 Å². The molecule has 1 saturated heterocycles. The molecule has 2 nitrogen and oxygen atoms in total. The lowest BCUT2D eigenvalue weighted by Gasteiger charge is -2.39. The number of rotatable bonds is 3. The van der Waals surface area contributed by atoms with E-state index in [0.29, 0.717) is 0 Å². The van der Waals surface area contributed by atoms with Gasteiger partial charge in [0.15, 0.2) is 0 Å². The molecule has 0 bridgehead atoms. The fraction of sp³-hybridized carbons (Fsp3) is 0.294. The third-order valence-electron chi connectivity index (χ3n) is 3.85. The Balaban J connectivity index is 2.07. The fourth-order valence-electron chi connectivity index (χ4n) is 2.79. The molecule has 1 fully saturated rings. The van der Waals surface area contributed by atoms with Gasteiger partial charge < -0.3 is 10.4 Å². The molecule has 1 unspecified atom stereocenters. The minimum atomic E-state index is -0.976. The topological polar surface area (TPSA) is 32.3 Å². The molecule has 104 valence electrons. The molecule has 2 aromatic rings. The van der Waals surface area contributed by atoms with E-state index in [1.54, 1.807) is 0 Å². The molecule has 20 heavy (non-hydrogen) atoms. The lowest BCUT2D eigenvalue weighted by molar-refractivity contribution is 0.0453. The molecule has 3 rings (SSSR count). The molecule has 0 aliphatic carbocycles. The van der Waals surface area contributed by atoms with Crippen molar-refractivity contribution in [1.82, 2.24) is 5.32 Å². The van der Waals surface area contributed by atoms with Gasteiger partial charge in [-0.1, -0.05) is 60.7 Å². The van der Waals surface area contributed by atoms with E-state index in [1.807, 2.05) is 72.4 Å². The van der Waals surface area contributed by atoms with Crippen LogP contribution < -0.4 is 5.32 Å². The fourth-order valence-corrected chi connectivity index (χ4v) is 3.81. The predicted octanol–water partition coefficient (Wildman–Crippen LogP) is 2.63. The number of nitrogens with one attached hydrogen (secondary N) is 1. The molecule has 0 radical (unpaired) electrons. The average molecular weight is 285 g/mol. The second-order valence-electron chi connectivity index (χ2n) is 5.08. The zero-order valence-corrected chi connectivity index (χ0v) is 12.1. The van der Waals surface area contributed by atoms with Crippen molar-refractivity contribution in [1.29, 1.82) is 0 Å². The molecule has 1 atom stereocenters. The highest BCUT2D eigenvalue weighted by atomic mass is 32.2. The zero-order valence-electron chi connectivity index (χ0n) is 11.3. The van der Waals surface area contributed by atoms with Gasteiger partial charge in [0.05, 0.1) is 6.04 Å². The first-order valence-electron chi connectivity index (χ1n) is 6.96. The highest BCUT2D eigenvalue weighted by Crippen LogP contribution is 2.35. The van der Waals surface area contributed by atoms with Crippen LogP contribution in [0.15, 0.2) is 60.7 Å². The largest absolute Gasteiger partial charge is 0.379 e. The highest BCUT2D eigenvalue weighted by molar-refractivity contribution is 7.99. The molecule has 0 saturated carbocycles. The summed E-state index contributed by atoms with van der Waals surface area (Å²) in [5.74, 6) is 2.02. The SMILES string of the molecule is OC(c1ccccc1)(c1ccccc1)C1CSCCN1. The summed E-state index contributed by atoms with van der Waals surface area (Å²) in [6.07, 6.45) is 0. The average Bonchev–Trinajstić information content (AvgIpc) is 2.56. The second kappa shape index (κ2) is 6.00. The van der Waals surface area contributed by atoms with Gasteiger partial charge in [-0.15, -0.1) is 0 Å². The molecular weight excluding hydrogens is 266 g/mol. The van der Waals surface area contributed by atoms with Crippen molar-refractivity contribution >= 4 is 11.8 Å². The molecule has 0 amide bonds. The third kappa shape index (κ3) is 2.49. The lowest BCUT2D eigenvalue weighted by atomic mass is 9.80. The molecular formula is C17H19NOS. The number of hydrogen-bond donors (Lipinski definition) is 2. The molecule has 2 N–H and O–H groups in total. The van der Waals surface area contributed by atoms with E-state index >= 15 is 0 Å². The molecule has 3 heteroatoms. The molecule has 0 aromatic heterocycles. The van der Waals surface area contributed by atoms with Crippen LogP contribution in [0.3, 0.4) is 0 Å². The second-order valence-corrected chi connectivity index (χ2v) is 6.23. The van der Waals surface area contributed by atoms with Gasteiger partial charge in [-0.2, -0.15) is 11.8 Å². The van der Waals surface area contributed by atoms with Crippen molar-refractivity contribution in [2.24, 2.45) is 0 Å². The molecule has 2 aromatic carbocycles. The van der Waals surface area contributed by atoms with Gasteiger partial charge in [0.2, 0.25) is 0 Å². The van der Waals surface area contributed by atoms with Crippen molar-refractivity contribution in [3.8, 4) is 0 Å². The maximum Gasteiger partial charge on any atom is 0.131 e. The summed E-state index contributed by atoms with van der Waals surface area (Å²) in [5, 5.41) is 15.0. The summed E-state index contributed by atoms with van der Waals surface area (Å²) in [6.45, 7) is 0.942. The molecule has 1 heterocycles. The summed E-state index contributed by atoms with van der Waals surface area (Å²) in [7, 11) is 0. The van der Waals surface area contributed by atoms with Crippen LogP contribution in [0.2, 0.25) is 0 Å². The van der Waals surface area contributed by atoms with E-state index in [2.05, 4.69) is 5.32 Å². The Labute approximate surface area is 124 Å². The molecule has 1 aliphatic rings. The molecule has 0 spiro atoms. The summed E-state index contributed by atoms with van der Waals surface area (Å²) in [4.78, 5) is 0. The number of thioether (sulfide) groups is 1. The van der Waals surface area contributed by atoms with Crippen LogP contribution in [0.5, 0.6) is 0 Å². The van der Waals surface area contributed by atoms with E-state index in [1.165, 1.54) is 0 Å². The van der Waals surface area contributed by atoms with Crippen LogP contribution in [-0.2, 0) is 5.60 Å². The van der Waals surface area contributed by atoms with E-state index in [4.69, 9.17) is 0 Å². The first-order valence-corrected chi connectivity index (χ1v) is 8.12. The zero-order chi connectivity index (χ0) is 13.8. The van der Waals surface area contributed by atoms with E-state index in [0.717, 1.165) is 29.2 Å². The van der Waals surface area contributed by atoms with Crippen molar-refractivity contribution < 1.29 is 5.11 Å². The van der Waals surface area contributed by atoms with Crippen LogP contribution in [-0.4, -0.2) is 29.2 Å². The van der Waals surface area contributed by atoms with Gasteiger partial charge >= 0.3 is 0 Å². The van der Waals surface area contributed by atoms with Gasteiger partial charge in [-0.05, 0) is 11.1 Å². The van der Waals surface area contributed by atoms with Crippen LogP contribution in [0, 0.1) is 0 Å². The smallest absolute Gasteiger partial charge is 0.131 e.